The lowest BCUT2D eigenvalue weighted by Crippen LogP contribution is -2.35. The molecule has 0 radical (unpaired) electrons. The third-order valence-corrected chi connectivity index (χ3v) is 7.48. The molecule has 216 valence electrons. The Hall–Kier alpha value is -4.72. The maximum Gasteiger partial charge on any atom is 0.433 e. The Kier molecular flexibility index (Phi) is 6.93. The highest BCUT2D eigenvalue weighted by Crippen LogP contribution is 2.46. The summed E-state index contributed by atoms with van der Waals surface area (Å²) in [7, 11) is 1.54. The van der Waals surface area contributed by atoms with Gasteiger partial charge in [-0.25, -0.2) is 19.7 Å². The summed E-state index contributed by atoms with van der Waals surface area (Å²) >= 11 is 1.44. The molecule has 0 saturated carbocycles. The zero-order chi connectivity index (χ0) is 29.6. The van der Waals surface area contributed by atoms with E-state index in [1.54, 1.807) is 6.20 Å². The number of amides is 1. The van der Waals surface area contributed by atoms with Crippen molar-refractivity contribution in [2.24, 2.45) is 0 Å². The van der Waals surface area contributed by atoms with E-state index < -0.39 is 24.1 Å². The van der Waals surface area contributed by atoms with Crippen LogP contribution in [-0.4, -0.2) is 52.5 Å². The van der Waals surface area contributed by atoms with Gasteiger partial charge in [0.2, 0.25) is 5.88 Å². The van der Waals surface area contributed by atoms with Crippen LogP contribution in [0.5, 0.6) is 17.4 Å². The van der Waals surface area contributed by atoms with Crippen LogP contribution in [-0.2, 0) is 10.9 Å². The number of hydrogen-bond donors (Lipinski definition) is 1. The molecule has 0 bridgehead atoms. The van der Waals surface area contributed by atoms with Gasteiger partial charge in [0.05, 0.1) is 29.9 Å². The number of pyridine rings is 1. The molecule has 42 heavy (non-hydrogen) atoms. The third-order valence-electron chi connectivity index (χ3n) is 6.39. The van der Waals surface area contributed by atoms with Crippen LogP contribution in [0.1, 0.15) is 16.8 Å². The molecule has 1 unspecified atom stereocenters. The average molecular weight is 598 g/mol. The molecule has 1 aliphatic heterocycles. The van der Waals surface area contributed by atoms with Crippen molar-refractivity contribution in [2.45, 2.75) is 26.1 Å². The quantitative estimate of drug-likeness (QED) is 0.248. The van der Waals surface area contributed by atoms with Gasteiger partial charge in [0.25, 0.3) is 0 Å². The topological polar surface area (TPSA) is 118 Å². The Balaban J connectivity index is 1.20. The number of rotatable bonds is 5. The molecule has 6 rings (SSSR count). The van der Waals surface area contributed by atoms with E-state index >= 15 is 0 Å². The van der Waals surface area contributed by atoms with Crippen LogP contribution in [0, 0.1) is 13.8 Å². The van der Waals surface area contributed by atoms with Gasteiger partial charge in [0, 0.05) is 17.4 Å². The number of nitrogens with zero attached hydrogens (tertiary/aromatic N) is 4. The zero-order valence-electron chi connectivity index (χ0n) is 22.4. The lowest BCUT2D eigenvalue weighted by Gasteiger charge is -2.26. The van der Waals surface area contributed by atoms with Crippen molar-refractivity contribution >= 4 is 44.4 Å². The molecule has 10 nitrogen and oxygen atoms in total. The standard InChI is InChI=1S/C28H22F3N5O5S/c1-13-6-17(23-18(7-13)35-21(38-3)10-33-23)26-36-22-14(2)8-19-24(25(22)42-26)39-11-16(41-19)12-40-27(37)34-15-4-5-32-20(9-15)28(29,30)31/h4-10,16H,11-12H2,1-3H3,(H,32,34,37). The van der Waals surface area contributed by atoms with Crippen LogP contribution in [0.15, 0.2) is 42.7 Å². The van der Waals surface area contributed by atoms with E-state index in [2.05, 4.69) is 20.3 Å². The maximum absolute atomic E-state index is 12.9. The molecule has 1 atom stereocenters. The molecular formula is C28H22F3N5O5S. The summed E-state index contributed by atoms with van der Waals surface area (Å²) in [5, 5.41) is 3.01. The SMILES string of the molecule is COc1cnc2c(-c3nc4c(C)cc5c(c4s3)OCC(COC(=O)Nc3ccnc(C(F)(F)F)c3)O5)cc(C)cc2n1. The number of alkyl halides is 3. The number of nitrogens with one attached hydrogen (secondary N) is 1. The van der Waals surface area contributed by atoms with Crippen LogP contribution >= 0.6 is 11.3 Å². The summed E-state index contributed by atoms with van der Waals surface area (Å²) in [6.45, 7) is 3.77. The number of ether oxygens (including phenoxy) is 4. The van der Waals surface area contributed by atoms with Gasteiger partial charge in [-0.15, -0.1) is 11.3 Å². The van der Waals surface area contributed by atoms with Crippen LogP contribution in [0.3, 0.4) is 0 Å². The molecule has 2 aromatic carbocycles. The van der Waals surface area contributed by atoms with Gasteiger partial charge >= 0.3 is 12.3 Å². The number of thiazole rings is 1. The van der Waals surface area contributed by atoms with Gasteiger partial charge in [-0.2, -0.15) is 13.2 Å². The summed E-state index contributed by atoms with van der Waals surface area (Å²) in [5.74, 6) is 1.42. The second kappa shape index (κ2) is 10.6. The molecule has 0 spiro atoms. The minimum absolute atomic E-state index is 0.0811. The first-order valence-corrected chi connectivity index (χ1v) is 13.4. The predicted molar refractivity (Wildman–Crippen MR) is 148 cm³/mol. The number of anilines is 1. The molecule has 5 aromatic rings. The van der Waals surface area contributed by atoms with Crippen molar-refractivity contribution in [3.05, 3.63) is 59.5 Å². The van der Waals surface area contributed by atoms with Gasteiger partial charge in [-0.1, -0.05) is 0 Å². The minimum atomic E-state index is -4.64. The molecule has 14 heteroatoms. The van der Waals surface area contributed by atoms with E-state index in [-0.39, 0.29) is 18.9 Å². The summed E-state index contributed by atoms with van der Waals surface area (Å²) in [5.41, 5.74) is 3.61. The fraction of sp³-hybridized carbons (Fsp3) is 0.250. The van der Waals surface area contributed by atoms with Crippen molar-refractivity contribution in [3.8, 4) is 28.0 Å². The van der Waals surface area contributed by atoms with E-state index in [0.29, 0.717) is 28.4 Å². The average Bonchev–Trinajstić information content (AvgIpc) is 3.41. The predicted octanol–water partition coefficient (Wildman–Crippen LogP) is 6.33. The molecule has 1 aliphatic rings. The van der Waals surface area contributed by atoms with Crippen molar-refractivity contribution in [1.82, 2.24) is 19.9 Å². The number of hydrogen-bond acceptors (Lipinski definition) is 10. The summed E-state index contributed by atoms with van der Waals surface area (Å²) < 4.78 is 62.0. The molecule has 0 fully saturated rings. The van der Waals surface area contributed by atoms with Crippen molar-refractivity contribution in [1.29, 1.82) is 0 Å². The van der Waals surface area contributed by atoms with E-state index in [1.807, 2.05) is 32.0 Å². The van der Waals surface area contributed by atoms with Crippen LogP contribution in [0.2, 0.25) is 0 Å². The van der Waals surface area contributed by atoms with E-state index in [1.165, 1.54) is 24.5 Å². The summed E-state index contributed by atoms with van der Waals surface area (Å²) in [6, 6.07) is 7.70. The van der Waals surface area contributed by atoms with Gasteiger partial charge < -0.3 is 18.9 Å². The molecule has 1 N–H and O–H groups in total. The van der Waals surface area contributed by atoms with Gasteiger partial charge in [0.15, 0.2) is 17.6 Å². The smallest absolute Gasteiger partial charge is 0.433 e. The van der Waals surface area contributed by atoms with E-state index in [9.17, 15) is 18.0 Å². The molecule has 0 saturated heterocycles. The summed E-state index contributed by atoms with van der Waals surface area (Å²) in [4.78, 5) is 29.5. The number of benzene rings is 2. The fourth-order valence-corrected chi connectivity index (χ4v) is 5.64. The highest BCUT2D eigenvalue weighted by Gasteiger charge is 2.33. The molecule has 1 amide bonds. The molecule has 0 aliphatic carbocycles. The number of fused-ring (bicyclic) bond motifs is 4. The van der Waals surface area contributed by atoms with E-state index in [0.717, 1.165) is 44.2 Å². The number of carbonyl (C=O) groups is 1. The minimum Gasteiger partial charge on any atom is -0.484 e. The number of carbonyl (C=O) groups excluding carboxylic acids is 1. The Morgan fingerprint density at radius 2 is 1.98 bits per heavy atom. The lowest BCUT2D eigenvalue weighted by atomic mass is 10.1. The third kappa shape index (κ3) is 5.32. The molecular weight excluding hydrogens is 575 g/mol. The van der Waals surface area contributed by atoms with Gasteiger partial charge in [-0.3, -0.25) is 10.3 Å². The van der Waals surface area contributed by atoms with Crippen molar-refractivity contribution < 1.29 is 36.9 Å². The Labute approximate surface area is 240 Å². The first kappa shape index (κ1) is 27.4. The zero-order valence-corrected chi connectivity index (χ0v) is 23.2. The van der Waals surface area contributed by atoms with Crippen LogP contribution in [0.25, 0.3) is 31.8 Å². The Morgan fingerprint density at radius 3 is 2.76 bits per heavy atom. The van der Waals surface area contributed by atoms with E-state index in [4.69, 9.17) is 23.9 Å². The Bertz CT molecular complexity index is 1850. The summed E-state index contributed by atoms with van der Waals surface area (Å²) in [6.07, 6.45) is -3.69. The number of aromatic nitrogens is 4. The molecule has 3 aromatic heterocycles. The lowest BCUT2D eigenvalue weighted by molar-refractivity contribution is -0.141. The maximum atomic E-state index is 12.9. The number of aryl methyl sites for hydroxylation is 2. The van der Waals surface area contributed by atoms with Crippen molar-refractivity contribution in [3.63, 3.8) is 0 Å². The fourth-order valence-electron chi connectivity index (χ4n) is 4.49. The van der Waals surface area contributed by atoms with Gasteiger partial charge in [0.1, 0.15) is 28.6 Å². The highest BCUT2D eigenvalue weighted by atomic mass is 32.1. The van der Waals surface area contributed by atoms with Crippen LogP contribution < -0.4 is 19.5 Å². The van der Waals surface area contributed by atoms with Gasteiger partial charge in [-0.05, 0) is 55.3 Å². The Morgan fingerprint density at radius 1 is 1.14 bits per heavy atom. The molecule has 4 heterocycles. The number of halogens is 3. The van der Waals surface area contributed by atoms with Crippen LogP contribution in [0.4, 0.5) is 23.7 Å². The first-order valence-electron chi connectivity index (χ1n) is 12.6. The number of methoxy groups -OCH3 is 1. The first-order chi connectivity index (χ1) is 20.1. The second-order valence-electron chi connectivity index (χ2n) is 9.51. The second-order valence-corrected chi connectivity index (χ2v) is 10.5. The largest absolute Gasteiger partial charge is 0.484 e. The van der Waals surface area contributed by atoms with Crippen molar-refractivity contribution in [2.75, 3.05) is 25.6 Å². The monoisotopic (exact) mass is 597 g/mol. The highest BCUT2D eigenvalue weighted by molar-refractivity contribution is 7.22. The normalized spacial score (nSPS) is 14.7.